The zero-order chi connectivity index (χ0) is 14.7. The Balaban J connectivity index is 1.83. The van der Waals surface area contributed by atoms with Crippen molar-refractivity contribution in [3.05, 3.63) is 40.7 Å². The zero-order valence-electron chi connectivity index (χ0n) is 12.7. The number of anilines is 1. The first-order valence-corrected chi connectivity index (χ1v) is 8.44. The highest BCUT2D eigenvalue weighted by Gasteiger charge is 2.24. The highest BCUT2D eigenvalue weighted by atomic mass is 32.1. The third-order valence-corrected chi connectivity index (χ3v) is 5.33. The quantitative estimate of drug-likeness (QED) is 0.921. The lowest BCUT2D eigenvalue weighted by atomic mass is 9.98. The molecule has 1 N–H and O–H groups in total. The van der Waals surface area contributed by atoms with Gasteiger partial charge in [0.25, 0.3) is 0 Å². The van der Waals surface area contributed by atoms with Crippen LogP contribution in [0.4, 0.5) is 5.13 Å². The molecule has 0 amide bonds. The van der Waals surface area contributed by atoms with Crippen molar-refractivity contribution in [2.75, 3.05) is 18.5 Å². The van der Waals surface area contributed by atoms with Crippen LogP contribution >= 0.6 is 11.3 Å². The molecule has 0 spiro atoms. The van der Waals surface area contributed by atoms with Gasteiger partial charge < -0.3 is 10.2 Å². The van der Waals surface area contributed by atoms with E-state index in [9.17, 15) is 0 Å². The monoisotopic (exact) mass is 302 g/mol. The molecule has 21 heavy (non-hydrogen) atoms. The lowest BCUT2D eigenvalue weighted by molar-refractivity contribution is 0.501. The molecule has 2 aromatic rings. The minimum atomic E-state index is 0.486. The Labute approximate surface area is 130 Å². The summed E-state index contributed by atoms with van der Waals surface area (Å²) in [5, 5.41) is 4.58. The number of rotatable bonds is 5. The molecule has 1 atom stereocenters. The summed E-state index contributed by atoms with van der Waals surface area (Å²) in [5.41, 5.74) is 2.58. The van der Waals surface area contributed by atoms with Gasteiger partial charge in [0, 0.05) is 36.4 Å². The van der Waals surface area contributed by atoms with Crippen LogP contribution in [0.1, 0.15) is 41.9 Å². The van der Waals surface area contributed by atoms with Gasteiger partial charge >= 0.3 is 0 Å². The number of aromatic nitrogens is 2. The Hall–Kier alpha value is -1.46. The maximum Gasteiger partial charge on any atom is 0.186 e. The fourth-order valence-corrected chi connectivity index (χ4v) is 4.16. The van der Waals surface area contributed by atoms with Crippen molar-refractivity contribution in [2.45, 2.75) is 38.8 Å². The molecule has 0 aliphatic heterocycles. The molecule has 0 saturated carbocycles. The minimum absolute atomic E-state index is 0.486. The molecule has 0 aromatic carbocycles. The molecule has 1 aliphatic rings. The fraction of sp³-hybridized carbons (Fsp3) is 0.500. The molecule has 5 heteroatoms. The van der Waals surface area contributed by atoms with E-state index in [1.165, 1.54) is 29.0 Å². The summed E-state index contributed by atoms with van der Waals surface area (Å²) in [6, 6.07) is 4.64. The number of thiazole rings is 1. The number of nitrogens with zero attached hydrogens (tertiary/aromatic N) is 3. The Bertz CT molecular complexity index is 581. The maximum absolute atomic E-state index is 4.91. The van der Waals surface area contributed by atoms with E-state index in [1.54, 1.807) is 0 Å². The van der Waals surface area contributed by atoms with E-state index in [1.807, 2.05) is 30.8 Å². The van der Waals surface area contributed by atoms with E-state index in [2.05, 4.69) is 34.3 Å². The molecule has 1 aliphatic carbocycles. The highest BCUT2D eigenvalue weighted by molar-refractivity contribution is 7.15. The molecule has 0 fully saturated rings. The molecule has 2 aromatic heterocycles. The lowest BCUT2D eigenvalue weighted by Gasteiger charge is -2.20. The molecule has 0 radical (unpaired) electrons. The lowest BCUT2D eigenvalue weighted by Crippen LogP contribution is -2.21. The van der Waals surface area contributed by atoms with Crippen LogP contribution in [0.5, 0.6) is 0 Å². The highest BCUT2D eigenvalue weighted by Crippen LogP contribution is 2.37. The Morgan fingerprint density at radius 1 is 1.38 bits per heavy atom. The smallest absolute Gasteiger partial charge is 0.186 e. The van der Waals surface area contributed by atoms with Crippen molar-refractivity contribution in [2.24, 2.45) is 0 Å². The van der Waals surface area contributed by atoms with Gasteiger partial charge in [-0.1, -0.05) is 11.3 Å². The third-order valence-electron chi connectivity index (χ3n) is 4.06. The van der Waals surface area contributed by atoms with Crippen LogP contribution < -0.4 is 10.2 Å². The number of hydrogen-bond acceptors (Lipinski definition) is 5. The Morgan fingerprint density at radius 2 is 2.19 bits per heavy atom. The maximum atomic E-state index is 4.91. The van der Waals surface area contributed by atoms with Crippen molar-refractivity contribution in [1.29, 1.82) is 0 Å². The molecular formula is C16H22N4S. The second-order valence-electron chi connectivity index (χ2n) is 5.41. The minimum Gasteiger partial charge on any atom is -0.344 e. The van der Waals surface area contributed by atoms with Crippen LogP contribution in [-0.2, 0) is 13.0 Å². The van der Waals surface area contributed by atoms with Crippen molar-refractivity contribution in [3.63, 3.8) is 0 Å². The van der Waals surface area contributed by atoms with Crippen LogP contribution in [-0.4, -0.2) is 23.6 Å². The number of nitrogens with one attached hydrogen (secondary N) is 1. The van der Waals surface area contributed by atoms with Crippen molar-refractivity contribution in [1.82, 2.24) is 15.3 Å². The van der Waals surface area contributed by atoms with Gasteiger partial charge in [-0.15, -0.1) is 0 Å². The largest absolute Gasteiger partial charge is 0.344 e. The Kier molecular flexibility index (Phi) is 4.51. The first kappa shape index (κ1) is 14.5. The second-order valence-corrected chi connectivity index (χ2v) is 6.42. The predicted molar refractivity (Wildman–Crippen MR) is 87.8 cm³/mol. The van der Waals surface area contributed by atoms with Gasteiger partial charge in [-0.3, -0.25) is 4.98 Å². The summed E-state index contributed by atoms with van der Waals surface area (Å²) in [7, 11) is 2.05. The normalized spacial score (nSPS) is 17.5. The summed E-state index contributed by atoms with van der Waals surface area (Å²) in [6.07, 6.45) is 7.29. The number of aryl methyl sites for hydroxylation is 1. The van der Waals surface area contributed by atoms with Gasteiger partial charge in [-0.25, -0.2) is 4.98 Å². The van der Waals surface area contributed by atoms with Crippen molar-refractivity contribution < 1.29 is 0 Å². The first-order chi connectivity index (χ1) is 10.3. The number of fused-ring (bicyclic) bond motifs is 1. The number of pyridine rings is 1. The van der Waals surface area contributed by atoms with E-state index in [0.29, 0.717) is 6.04 Å². The van der Waals surface area contributed by atoms with Gasteiger partial charge in [0.1, 0.15) is 0 Å². The number of hydrogen-bond donors (Lipinski definition) is 1. The van der Waals surface area contributed by atoms with Crippen LogP contribution in [0, 0.1) is 0 Å². The zero-order valence-corrected chi connectivity index (χ0v) is 13.5. The first-order valence-electron chi connectivity index (χ1n) is 7.62. The molecule has 4 nitrogen and oxygen atoms in total. The molecular weight excluding hydrogens is 280 g/mol. The standard InChI is InChI=1S/C16H22N4S/c1-3-20(11-12-7-9-18-10-8-12)16-19-14-6-4-5-13(17-2)15(14)21-16/h7-10,13,17H,3-6,11H2,1-2H3. The van der Waals surface area contributed by atoms with Gasteiger partial charge in [0.05, 0.1) is 5.69 Å². The molecule has 3 rings (SSSR count). The molecule has 0 saturated heterocycles. The molecule has 2 heterocycles. The fourth-order valence-electron chi connectivity index (χ4n) is 2.84. The summed E-state index contributed by atoms with van der Waals surface area (Å²) >= 11 is 1.86. The van der Waals surface area contributed by atoms with Gasteiger partial charge in [0.2, 0.25) is 0 Å². The van der Waals surface area contributed by atoms with Gasteiger partial charge in [0.15, 0.2) is 5.13 Å². The summed E-state index contributed by atoms with van der Waals surface area (Å²) in [5.74, 6) is 0. The van der Waals surface area contributed by atoms with Crippen LogP contribution in [0.25, 0.3) is 0 Å². The average Bonchev–Trinajstić information content (AvgIpc) is 2.97. The Morgan fingerprint density at radius 3 is 2.90 bits per heavy atom. The van der Waals surface area contributed by atoms with E-state index < -0.39 is 0 Å². The summed E-state index contributed by atoms with van der Waals surface area (Å²) in [4.78, 5) is 12.8. The molecule has 1 unspecified atom stereocenters. The molecule has 112 valence electrons. The van der Waals surface area contributed by atoms with Crippen molar-refractivity contribution >= 4 is 16.5 Å². The van der Waals surface area contributed by atoms with Crippen LogP contribution in [0.2, 0.25) is 0 Å². The van der Waals surface area contributed by atoms with Crippen LogP contribution in [0.3, 0.4) is 0 Å². The third kappa shape index (κ3) is 3.09. The average molecular weight is 302 g/mol. The van der Waals surface area contributed by atoms with E-state index in [-0.39, 0.29) is 0 Å². The summed E-state index contributed by atoms with van der Waals surface area (Å²) < 4.78 is 0. The SMILES string of the molecule is CCN(Cc1ccncc1)c1nc2c(s1)C(NC)CCC2. The van der Waals surface area contributed by atoms with E-state index >= 15 is 0 Å². The van der Waals surface area contributed by atoms with E-state index in [4.69, 9.17) is 4.98 Å². The van der Waals surface area contributed by atoms with Crippen molar-refractivity contribution in [3.8, 4) is 0 Å². The van der Waals surface area contributed by atoms with E-state index in [0.717, 1.165) is 24.6 Å². The van der Waals surface area contributed by atoms with Gasteiger partial charge in [-0.05, 0) is 50.9 Å². The topological polar surface area (TPSA) is 41.1 Å². The van der Waals surface area contributed by atoms with Gasteiger partial charge in [-0.2, -0.15) is 0 Å². The van der Waals surface area contributed by atoms with Crippen LogP contribution in [0.15, 0.2) is 24.5 Å². The second kappa shape index (κ2) is 6.54. The predicted octanol–water partition coefficient (Wildman–Crippen LogP) is 3.16. The summed E-state index contributed by atoms with van der Waals surface area (Å²) in [6.45, 7) is 4.06. The molecule has 0 bridgehead atoms.